The van der Waals surface area contributed by atoms with E-state index in [9.17, 15) is 4.79 Å². The van der Waals surface area contributed by atoms with Gasteiger partial charge in [-0.15, -0.1) is 35.3 Å². The quantitative estimate of drug-likeness (QED) is 0.651. The molecule has 2 heterocycles. The van der Waals surface area contributed by atoms with Crippen LogP contribution in [0.2, 0.25) is 0 Å². The molecule has 0 radical (unpaired) electrons. The average Bonchev–Trinajstić information content (AvgIpc) is 2.72. The average molecular weight is 437 g/mol. The zero-order chi connectivity index (χ0) is 20.3. The number of ether oxygens (including phenoxy) is 2. The number of aromatic nitrogens is 1. The van der Waals surface area contributed by atoms with Gasteiger partial charge < -0.3 is 14.8 Å². The Labute approximate surface area is 178 Å². The summed E-state index contributed by atoms with van der Waals surface area (Å²) < 4.78 is 10.9. The summed E-state index contributed by atoms with van der Waals surface area (Å²) in [6.07, 6.45) is 4.89. The van der Waals surface area contributed by atoms with E-state index in [0.717, 1.165) is 44.6 Å². The number of hydrogen-bond acceptors (Lipinski definition) is 7. The zero-order valence-corrected chi connectivity index (χ0v) is 19.1. The van der Waals surface area contributed by atoms with Crippen LogP contribution in [0.15, 0.2) is 28.1 Å². The molecule has 0 bridgehead atoms. The van der Waals surface area contributed by atoms with Crippen molar-refractivity contribution in [1.29, 1.82) is 0 Å². The molecule has 5 nitrogen and oxygen atoms in total. The van der Waals surface area contributed by atoms with Crippen LogP contribution in [0.4, 0.5) is 5.69 Å². The van der Waals surface area contributed by atoms with E-state index < -0.39 is 0 Å². The van der Waals surface area contributed by atoms with Crippen LogP contribution in [0, 0.1) is 6.92 Å². The van der Waals surface area contributed by atoms with Gasteiger partial charge >= 0.3 is 0 Å². The topological polar surface area (TPSA) is 60.5 Å². The molecule has 0 saturated heterocycles. The Morgan fingerprint density at radius 1 is 1.18 bits per heavy atom. The molecule has 1 N–H and O–H groups in total. The summed E-state index contributed by atoms with van der Waals surface area (Å²) in [5.41, 5.74) is 3.86. The summed E-state index contributed by atoms with van der Waals surface area (Å²) in [7, 11) is 3.24. The maximum Gasteiger partial charge on any atom is 0.242 e. The molecular formula is C20H24N2O3S3. The van der Waals surface area contributed by atoms with Crippen LogP contribution in [-0.4, -0.2) is 43.4 Å². The molecule has 1 aromatic heterocycles. The Hall–Kier alpha value is -1.51. The first-order valence-electron chi connectivity index (χ1n) is 8.79. The summed E-state index contributed by atoms with van der Waals surface area (Å²) in [6, 6.07) is 5.93. The third-order valence-electron chi connectivity index (χ3n) is 4.56. The van der Waals surface area contributed by atoms with Gasteiger partial charge in [0, 0.05) is 10.6 Å². The highest BCUT2D eigenvalue weighted by Gasteiger charge is 2.30. The lowest BCUT2D eigenvalue weighted by Crippen LogP contribution is -2.24. The van der Waals surface area contributed by atoms with Gasteiger partial charge in [0.05, 0.1) is 19.9 Å². The van der Waals surface area contributed by atoms with Crippen molar-refractivity contribution in [2.24, 2.45) is 0 Å². The third kappa shape index (κ3) is 4.23. The zero-order valence-electron chi connectivity index (χ0n) is 16.6. The van der Waals surface area contributed by atoms with E-state index in [0.29, 0.717) is 11.5 Å². The van der Waals surface area contributed by atoms with Crippen LogP contribution in [0.1, 0.15) is 22.1 Å². The lowest BCUT2D eigenvalue weighted by molar-refractivity contribution is -0.115. The van der Waals surface area contributed by atoms with E-state index in [1.54, 1.807) is 49.5 Å². The predicted molar refractivity (Wildman–Crippen MR) is 120 cm³/mol. The number of carbonyl (C=O) groups excluding carboxylic acids is 1. The minimum atomic E-state index is -0.297. The highest BCUT2D eigenvalue weighted by molar-refractivity contribution is 8.00. The summed E-state index contributed by atoms with van der Waals surface area (Å²) in [5.74, 6) is 2.20. The molecule has 0 fully saturated rings. The summed E-state index contributed by atoms with van der Waals surface area (Å²) >= 11 is 4.81. The molecule has 0 spiro atoms. The maximum absolute atomic E-state index is 13.3. The molecular weight excluding hydrogens is 412 g/mol. The highest BCUT2D eigenvalue weighted by atomic mass is 32.2. The second kappa shape index (κ2) is 9.33. The summed E-state index contributed by atoms with van der Waals surface area (Å²) in [4.78, 5) is 18.9. The number of amides is 1. The number of benzene rings is 1. The number of nitrogens with one attached hydrogen (secondary N) is 1. The Morgan fingerprint density at radius 2 is 1.89 bits per heavy atom. The molecule has 1 unspecified atom stereocenters. The van der Waals surface area contributed by atoms with E-state index >= 15 is 0 Å². The maximum atomic E-state index is 13.3. The SMILES string of the molecule is COc1cc2c(cc1OC)C(C(=O)Nc1c(SC)cc(C)nc1SC)SCC2. The lowest BCUT2D eigenvalue weighted by atomic mass is 9.99. The molecule has 1 aromatic carbocycles. The van der Waals surface area contributed by atoms with E-state index in [4.69, 9.17) is 9.47 Å². The number of anilines is 1. The largest absolute Gasteiger partial charge is 0.493 e. The molecule has 1 aliphatic rings. The number of pyridine rings is 1. The summed E-state index contributed by atoms with van der Waals surface area (Å²) in [5, 5.41) is 3.69. The van der Waals surface area contributed by atoms with Gasteiger partial charge in [-0.1, -0.05) is 0 Å². The molecule has 0 aliphatic carbocycles. The van der Waals surface area contributed by atoms with Crippen molar-refractivity contribution >= 4 is 46.9 Å². The van der Waals surface area contributed by atoms with Crippen LogP contribution >= 0.6 is 35.3 Å². The minimum Gasteiger partial charge on any atom is -0.493 e. The van der Waals surface area contributed by atoms with Crippen LogP contribution in [0.5, 0.6) is 11.5 Å². The Kier molecular flexibility index (Phi) is 7.06. The number of thioether (sulfide) groups is 3. The number of rotatable bonds is 6. The van der Waals surface area contributed by atoms with Crippen LogP contribution in [0.3, 0.4) is 0 Å². The first-order chi connectivity index (χ1) is 13.5. The number of fused-ring (bicyclic) bond motifs is 1. The molecule has 3 rings (SSSR count). The Bertz CT molecular complexity index is 864. The standard InChI is InChI=1S/C20H24N2O3S3/c1-11-8-16(26-4)17(20(21-11)27-5)22-19(23)18-13-10-15(25-3)14(24-2)9-12(13)6-7-28-18/h8-10,18H,6-7H2,1-5H3,(H,22,23). The first-order valence-corrected chi connectivity index (χ1v) is 12.3. The number of carbonyl (C=O) groups is 1. The van der Waals surface area contributed by atoms with Crippen molar-refractivity contribution in [3.63, 3.8) is 0 Å². The molecule has 0 saturated carbocycles. The summed E-state index contributed by atoms with van der Waals surface area (Å²) in [6.45, 7) is 1.97. The van der Waals surface area contributed by atoms with Gasteiger partial charge in [-0.25, -0.2) is 4.98 Å². The smallest absolute Gasteiger partial charge is 0.242 e. The molecule has 1 aliphatic heterocycles. The van der Waals surface area contributed by atoms with E-state index in [2.05, 4.69) is 10.3 Å². The van der Waals surface area contributed by atoms with E-state index in [-0.39, 0.29) is 11.2 Å². The second-order valence-corrected chi connectivity index (χ2v) is 9.10. The van der Waals surface area contributed by atoms with Gasteiger partial charge in [0.15, 0.2) is 11.5 Å². The Balaban J connectivity index is 1.96. The first kappa shape index (κ1) is 21.2. The minimum absolute atomic E-state index is 0.0329. The molecule has 1 atom stereocenters. The van der Waals surface area contributed by atoms with Crippen molar-refractivity contribution in [2.75, 3.05) is 37.8 Å². The second-order valence-electron chi connectivity index (χ2n) is 6.25. The lowest BCUT2D eigenvalue weighted by Gasteiger charge is -2.26. The van der Waals surface area contributed by atoms with Gasteiger partial charge in [0.25, 0.3) is 0 Å². The van der Waals surface area contributed by atoms with Gasteiger partial charge in [0.2, 0.25) is 5.91 Å². The van der Waals surface area contributed by atoms with Gasteiger partial charge in [-0.2, -0.15) is 0 Å². The van der Waals surface area contributed by atoms with Crippen molar-refractivity contribution < 1.29 is 14.3 Å². The Morgan fingerprint density at radius 3 is 2.54 bits per heavy atom. The number of aryl methyl sites for hydroxylation is 2. The molecule has 1 amide bonds. The number of hydrogen-bond donors (Lipinski definition) is 1. The fourth-order valence-corrected chi connectivity index (χ4v) is 5.71. The van der Waals surface area contributed by atoms with Crippen LogP contribution in [-0.2, 0) is 11.2 Å². The highest BCUT2D eigenvalue weighted by Crippen LogP contribution is 2.43. The van der Waals surface area contributed by atoms with Gasteiger partial charge in [-0.3, -0.25) is 4.79 Å². The van der Waals surface area contributed by atoms with Crippen molar-refractivity contribution in [1.82, 2.24) is 4.98 Å². The molecule has 8 heteroatoms. The number of nitrogens with zero attached hydrogens (tertiary/aromatic N) is 1. The van der Waals surface area contributed by atoms with Crippen molar-refractivity contribution in [3.8, 4) is 11.5 Å². The van der Waals surface area contributed by atoms with Gasteiger partial charge in [0.1, 0.15) is 10.3 Å². The van der Waals surface area contributed by atoms with Gasteiger partial charge in [-0.05, 0) is 60.9 Å². The van der Waals surface area contributed by atoms with Crippen LogP contribution < -0.4 is 14.8 Å². The van der Waals surface area contributed by atoms with Crippen molar-refractivity contribution in [2.45, 2.75) is 28.5 Å². The fourth-order valence-electron chi connectivity index (χ4n) is 3.22. The molecule has 2 aromatic rings. The number of methoxy groups -OCH3 is 2. The third-order valence-corrected chi connectivity index (χ3v) is 7.25. The predicted octanol–water partition coefficient (Wildman–Crippen LogP) is 4.82. The van der Waals surface area contributed by atoms with E-state index in [1.165, 1.54) is 0 Å². The molecule has 150 valence electrons. The monoisotopic (exact) mass is 436 g/mol. The fraction of sp³-hybridized carbons (Fsp3) is 0.400. The van der Waals surface area contributed by atoms with E-state index in [1.807, 2.05) is 37.6 Å². The van der Waals surface area contributed by atoms with Crippen molar-refractivity contribution in [3.05, 3.63) is 35.0 Å². The molecule has 28 heavy (non-hydrogen) atoms. The normalized spacial score (nSPS) is 15.7. The van der Waals surface area contributed by atoms with Crippen LogP contribution in [0.25, 0.3) is 0 Å².